The maximum atomic E-state index is 14.3. The summed E-state index contributed by atoms with van der Waals surface area (Å²) in [4.78, 5) is 16.9. The van der Waals surface area contributed by atoms with E-state index in [0.29, 0.717) is 17.3 Å². The molecule has 1 aromatic carbocycles. The zero-order chi connectivity index (χ0) is 17.4. The van der Waals surface area contributed by atoms with Crippen molar-refractivity contribution in [2.24, 2.45) is 7.05 Å². The van der Waals surface area contributed by atoms with E-state index in [9.17, 15) is 9.18 Å². The lowest BCUT2D eigenvalue weighted by molar-refractivity contribution is 0.0931. The van der Waals surface area contributed by atoms with Crippen LogP contribution in [0, 0.1) is 5.82 Å². The fraction of sp³-hybridized carbons (Fsp3) is 0.278. The summed E-state index contributed by atoms with van der Waals surface area (Å²) in [6.45, 7) is 0. The Balaban J connectivity index is 1.65. The monoisotopic (exact) mass is 340 g/mol. The lowest BCUT2D eigenvalue weighted by Crippen LogP contribution is -2.31. The number of halogens is 1. The maximum absolute atomic E-state index is 14.3. The van der Waals surface area contributed by atoms with Crippen LogP contribution in [-0.2, 0) is 7.05 Å². The Morgan fingerprint density at radius 1 is 1.40 bits per heavy atom. The Hall–Kier alpha value is -2.96. The van der Waals surface area contributed by atoms with Crippen molar-refractivity contribution >= 4 is 5.91 Å². The molecule has 1 fully saturated rings. The van der Waals surface area contributed by atoms with Crippen molar-refractivity contribution in [3.05, 3.63) is 71.4 Å². The van der Waals surface area contributed by atoms with Crippen molar-refractivity contribution in [2.75, 3.05) is 0 Å². The zero-order valence-corrected chi connectivity index (χ0v) is 13.6. The highest BCUT2D eigenvalue weighted by Crippen LogP contribution is 2.40. The minimum atomic E-state index is -0.727. The molecule has 128 valence electrons. The minimum Gasteiger partial charge on any atom is -0.360 e. The second kappa shape index (κ2) is 6.16. The number of nitrogens with one attached hydrogen (secondary N) is 1. The van der Waals surface area contributed by atoms with Crippen LogP contribution >= 0.6 is 0 Å². The van der Waals surface area contributed by atoms with Crippen LogP contribution in [0.5, 0.6) is 0 Å². The first-order valence-corrected chi connectivity index (χ1v) is 8.12. The van der Waals surface area contributed by atoms with Crippen LogP contribution in [0.2, 0.25) is 0 Å². The van der Waals surface area contributed by atoms with Crippen LogP contribution in [0.4, 0.5) is 4.39 Å². The van der Waals surface area contributed by atoms with E-state index in [0.717, 1.165) is 18.6 Å². The highest BCUT2D eigenvalue weighted by atomic mass is 19.1. The van der Waals surface area contributed by atoms with E-state index in [-0.39, 0.29) is 5.69 Å². The molecule has 0 unspecified atom stereocenters. The van der Waals surface area contributed by atoms with Crippen molar-refractivity contribution < 1.29 is 13.7 Å². The van der Waals surface area contributed by atoms with Crippen LogP contribution in [-0.4, -0.2) is 20.6 Å². The Labute approximate surface area is 143 Å². The number of hydrogen-bond acceptors (Lipinski definition) is 4. The third-order valence-corrected chi connectivity index (χ3v) is 4.35. The highest BCUT2D eigenvalue weighted by molar-refractivity contribution is 5.92. The summed E-state index contributed by atoms with van der Waals surface area (Å²) in [6.07, 6.45) is 5.47. The van der Waals surface area contributed by atoms with Gasteiger partial charge in [0.25, 0.3) is 5.91 Å². The van der Waals surface area contributed by atoms with E-state index in [2.05, 4.69) is 15.5 Å². The third kappa shape index (κ3) is 3.05. The number of nitrogens with zero attached hydrogens (tertiary/aromatic N) is 3. The molecule has 0 spiro atoms. The predicted octanol–water partition coefficient (Wildman–Crippen LogP) is 2.94. The smallest absolute Gasteiger partial charge is 0.274 e. The van der Waals surface area contributed by atoms with Crippen LogP contribution in [0.25, 0.3) is 0 Å². The molecule has 1 aliphatic rings. The van der Waals surface area contributed by atoms with Crippen LogP contribution in [0.1, 0.15) is 52.4 Å². The highest BCUT2D eigenvalue weighted by Gasteiger charge is 2.30. The van der Waals surface area contributed by atoms with Gasteiger partial charge in [-0.3, -0.25) is 4.79 Å². The van der Waals surface area contributed by atoms with E-state index in [1.54, 1.807) is 48.3 Å². The van der Waals surface area contributed by atoms with Gasteiger partial charge in [0, 0.05) is 37.0 Å². The third-order valence-electron chi connectivity index (χ3n) is 4.35. The van der Waals surface area contributed by atoms with Crippen LogP contribution < -0.4 is 5.32 Å². The van der Waals surface area contributed by atoms with Crippen molar-refractivity contribution in [1.29, 1.82) is 0 Å². The fourth-order valence-electron chi connectivity index (χ4n) is 2.81. The molecule has 0 radical (unpaired) electrons. The van der Waals surface area contributed by atoms with Gasteiger partial charge in [-0.25, -0.2) is 9.37 Å². The van der Waals surface area contributed by atoms with Gasteiger partial charge in [-0.15, -0.1) is 0 Å². The molecule has 0 saturated heterocycles. The number of rotatable bonds is 5. The number of amides is 1. The number of imidazole rings is 1. The topological polar surface area (TPSA) is 73.0 Å². The molecule has 7 heteroatoms. The Morgan fingerprint density at radius 2 is 2.20 bits per heavy atom. The molecule has 6 nitrogen and oxygen atoms in total. The Bertz CT molecular complexity index is 913. The summed E-state index contributed by atoms with van der Waals surface area (Å²) in [5.74, 6) is 0.793. The van der Waals surface area contributed by atoms with Gasteiger partial charge in [-0.05, 0) is 18.9 Å². The average molecular weight is 340 g/mol. The molecule has 3 aromatic rings. The van der Waals surface area contributed by atoms with Gasteiger partial charge < -0.3 is 14.4 Å². The normalized spacial score (nSPS) is 15.1. The summed E-state index contributed by atoms with van der Waals surface area (Å²) in [6, 6.07) is 7.25. The number of aromatic nitrogens is 3. The molecule has 1 N–H and O–H groups in total. The second-order valence-electron chi connectivity index (χ2n) is 6.21. The predicted molar refractivity (Wildman–Crippen MR) is 87.4 cm³/mol. The van der Waals surface area contributed by atoms with Gasteiger partial charge in [-0.2, -0.15) is 0 Å². The molecule has 1 atom stereocenters. The quantitative estimate of drug-likeness (QED) is 0.775. The summed E-state index contributed by atoms with van der Waals surface area (Å²) in [7, 11) is 1.80. The first kappa shape index (κ1) is 15.6. The molecule has 1 aliphatic carbocycles. The van der Waals surface area contributed by atoms with Gasteiger partial charge in [0.1, 0.15) is 23.4 Å². The van der Waals surface area contributed by atoms with Gasteiger partial charge >= 0.3 is 0 Å². The first-order valence-electron chi connectivity index (χ1n) is 8.12. The SMILES string of the molecule is Cn1ccnc1[C@@H](NC(=O)c1cc(C2CC2)on1)c1ccccc1F. The molecule has 2 aromatic heterocycles. The number of benzene rings is 1. The van der Waals surface area contributed by atoms with Crippen molar-refractivity contribution in [3.8, 4) is 0 Å². The van der Waals surface area contributed by atoms with E-state index in [1.165, 1.54) is 6.07 Å². The minimum absolute atomic E-state index is 0.192. The lowest BCUT2D eigenvalue weighted by Gasteiger charge is -2.19. The molecule has 0 bridgehead atoms. The van der Waals surface area contributed by atoms with Gasteiger partial charge in [0.05, 0.1) is 0 Å². The summed E-state index contributed by atoms with van der Waals surface area (Å²) < 4.78 is 21.3. The molecule has 0 aliphatic heterocycles. The average Bonchev–Trinajstić information content (AvgIpc) is 3.18. The second-order valence-corrected chi connectivity index (χ2v) is 6.21. The van der Waals surface area contributed by atoms with Gasteiger partial charge in [0.2, 0.25) is 0 Å². The molecule has 25 heavy (non-hydrogen) atoms. The van der Waals surface area contributed by atoms with E-state index in [4.69, 9.17) is 4.52 Å². The number of carbonyl (C=O) groups excluding carboxylic acids is 1. The molecule has 1 amide bonds. The zero-order valence-electron chi connectivity index (χ0n) is 13.6. The molecule has 4 rings (SSSR count). The number of carbonyl (C=O) groups is 1. The van der Waals surface area contributed by atoms with Crippen molar-refractivity contribution in [3.63, 3.8) is 0 Å². The molecular weight excluding hydrogens is 323 g/mol. The molecule has 2 heterocycles. The molecule has 1 saturated carbocycles. The first-order chi connectivity index (χ1) is 12.1. The van der Waals surface area contributed by atoms with E-state index < -0.39 is 17.8 Å². The standard InChI is InChI=1S/C18H17FN4O2/c1-23-9-8-20-17(23)16(12-4-2-3-5-13(12)19)21-18(24)14-10-15(25-22-14)11-6-7-11/h2-5,8-11,16H,6-7H2,1H3,(H,21,24)/t16-/m0/s1. The molecular formula is C18H17FN4O2. The maximum Gasteiger partial charge on any atom is 0.274 e. The van der Waals surface area contributed by atoms with E-state index in [1.807, 2.05) is 0 Å². The van der Waals surface area contributed by atoms with Crippen molar-refractivity contribution in [2.45, 2.75) is 24.8 Å². The Kier molecular flexibility index (Phi) is 3.83. The lowest BCUT2D eigenvalue weighted by atomic mass is 10.1. The summed E-state index contributed by atoms with van der Waals surface area (Å²) in [5, 5.41) is 6.66. The largest absolute Gasteiger partial charge is 0.360 e. The van der Waals surface area contributed by atoms with Crippen molar-refractivity contribution in [1.82, 2.24) is 20.0 Å². The van der Waals surface area contributed by atoms with Crippen LogP contribution in [0.15, 0.2) is 47.2 Å². The fourth-order valence-corrected chi connectivity index (χ4v) is 2.81. The van der Waals surface area contributed by atoms with Gasteiger partial charge in [0.15, 0.2) is 5.69 Å². The van der Waals surface area contributed by atoms with Gasteiger partial charge in [-0.1, -0.05) is 23.4 Å². The van der Waals surface area contributed by atoms with Crippen LogP contribution in [0.3, 0.4) is 0 Å². The van der Waals surface area contributed by atoms with E-state index >= 15 is 0 Å². The summed E-state index contributed by atoms with van der Waals surface area (Å²) in [5.41, 5.74) is 0.536. The number of hydrogen-bond donors (Lipinski definition) is 1. The Morgan fingerprint density at radius 3 is 2.88 bits per heavy atom. The summed E-state index contributed by atoms with van der Waals surface area (Å²) >= 11 is 0. The number of aryl methyl sites for hydroxylation is 1.